The molecule has 1 N–H and O–H groups in total. The lowest BCUT2D eigenvalue weighted by atomic mass is 10.1. The molecule has 6 nitrogen and oxygen atoms in total. The van der Waals surface area contributed by atoms with Crippen LogP contribution in [0.3, 0.4) is 0 Å². The molecule has 2 heterocycles. The zero-order valence-electron chi connectivity index (χ0n) is 13.9. The quantitative estimate of drug-likeness (QED) is 0.864. The number of aromatic nitrogens is 1. The first-order chi connectivity index (χ1) is 12.1. The molecule has 0 spiro atoms. The molecule has 1 atom stereocenters. The van der Waals surface area contributed by atoms with E-state index in [1.165, 1.54) is 18.2 Å². The minimum absolute atomic E-state index is 0.0849. The van der Waals surface area contributed by atoms with E-state index in [0.717, 1.165) is 0 Å². The largest absolute Gasteiger partial charge is 0.383 e. The molecule has 132 valence electrons. The van der Waals surface area contributed by atoms with Gasteiger partial charge >= 0.3 is 0 Å². The maximum Gasteiger partial charge on any atom is 0.270 e. The smallest absolute Gasteiger partial charge is 0.270 e. The fourth-order valence-corrected chi connectivity index (χ4v) is 3.00. The second kappa shape index (κ2) is 7.48. The second-order valence-corrected chi connectivity index (χ2v) is 5.91. The number of carbonyl (C=O) groups excluding carboxylic acids is 2. The second-order valence-electron chi connectivity index (χ2n) is 5.91. The Morgan fingerprint density at radius 2 is 2.20 bits per heavy atom. The summed E-state index contributed by atoms with van der Waals surface area (Å²) < 4.78 is 20.2. The van der Waals surface area contributed by atoms with Crippen LogP contribution in [0.4, 0.5) is 4.39 Å². The SMILES string of the molecule is COCCN1C(=O)c2cccn2CC1CNC(=O)c1cccc(F)c1. The Bertz CT molecular complexity index is 774. The summed E-state index contributed by atoms with van der Waals surface area (Å²) in [5.74, 6) is -0.908. The summed E-state index contributed by atoms with van der Waals surface area (Å²) in [7, 11) is 1.58. The third-order valence-electron chi connectivity index (χ3n) is 4.28. The average molecular weight is 345 g/mol. The molecule has 3 rings (SSSR count). The molecule has 1 aliphatic heterocycles. The van der Waals surface area contributed by atoms with Crippen LogP contribution in [0.5, 0.6) is 0 Å². The van der Waals surface area contributed by atoms with Crippen molar-refractivity contribution in [2.45, 2.75) is 12.6 Å². The van der Waals surface area contributed by atoms with Crippen LogP contribution in [0.1, 0.15) is 20.8 Å². The van der Waals surface area contributed by atoms with Gasteiger partial charge in [-0.25, -0.2) is 4.39 Å². The Balaban J connectivity index is 1.71. The third kappa shape index (κ3) is 3.71. The Kier molecular flexibility index (Phi) is 5.14. The highest BCUT2D eigenvalue weighted by atomic mass is 19.1. The van der Waals surface area contributed by atoms with Crippen molar-refractivity contribution in [3.63, 3.8) is 0 Å². The number of halogens is 1. The average Bonchev–Trinajstić information content (AvgIpc) is 3.08. The monoisotopic (exact) mass is 345 g/mol. The number of carbonyl (C=O) groups is 2. The molecular formula is C18H20FN3O3. The highest BCUT2D eigenvalue weighted by Crippen LogP contribution is 2.18. The van der Waals surface area contributed by atoms with E-state index in [2.05, 4.69) is 5.32 Å². The molecule has 1 aromatic heterocycles. The van der Waals surface area contributed by atoms with Crippen LogP contribution in [-0.4, -0.2) is 54.1 Å². The van der Waals surface area contributed by atoms with Crippen molar-refractivity contribution in [2.24, 2.45) is 0 Å². The molecule has 0 saturated carbocycles. The van der Waals surface area contributed by atoms with Gasteiger partial charge in [0.1, 0.15) is 11.5 Å². The van der Waals surface area contributed by atoms with Gasteiger partial charge in [-0.15, -0.1) is 0 Å². The van der Waals surface area contributed by atoms with Crippen LogP contribution < -0.4 is 5.32 Å². The molecule has 0 aliphatic carbocycles. The Hall–Kier alpha value is -2.67. The molecule has 0 saturated heterocycles. The number of ether oxygens (including phenoxy) is 1. The molecule has 1 aromatic carbocycles. The van der Waals surface area contributed by atoms with Gasteiger partial charge in [0.2, 0.25) is 0 Å². The van der Waals surface area contributed by atoms with E-state index in [0.29, 0.717) is 25.4 Å². The topological polar surface area (TPSA) is 63.6 Å². The number of amides is 2. The number of benzene rings is 1. The van der Waals surface area contributed by atoms with Gasteiger partial charge in [-0.1, -0.05) is 6.07 Å². The molecule has 7 heteroatoms. The van der Waals surface area contributed by atoms with Crippen molar-refractivity contribution < 1.29 is 18.7 Å². The predicted molar refractivity (Wildman–Crippen MR) is 89.9 cm³/mol. The minimum atomic E-state index is -0.459. The fourth-order valence-electron chi connectivity index (χ4n) is 3.00. The zero-order valence-corrected chi connectivity index (χ0v) is 13.9. The van der Waals surface area contributed by atoms with E-state index in [9.17, 15) is 14.0 Å². The van der Waals surface area contributed by atoms with E-state index >= 15 is 0 Å². The Morgan fingerprint density at radius 3 is 2.96 bits per heavy atom. The predicted octanol–water partition coefficient (Wildman–Crippen LogP) is 1.53. The molecule has 1 aliphatic rings. The van der Waals surface area contributed by atoms with Crippen LogP contribution in [0.25, 0.3) is 0 Å². The third-order valence-corrected chi connectivity index (χ3v) is 4.28. The molecule has 2 aromatic rings. The normalized spacial score (nSPS) is 16.6. The van der Waals surface area contributed by atoms with Gasteiger partial charge in [-0.05, 0) is 30.3 Å². The standard InChI is InChI=1S/C18H20FN3O3/c1-25-9-8-22-15(12-21-7-3-6-16(21)18(22)24)11-20-17(23)13-4-2-5-14(19)10-13/h2-7,10,15H,8-9,11-12H2,1H3,(H,20,23). The fraction of sp³-hybridized carbons (Fsp3) is 0.333. The molecular weight excluding hydrogens is 325 g/mol. The first-order valence-electron chi connectivity index (χ1n) is 8.09. The maximum absolute atomic E-state index is 13.3. The molecule has 0 fully saturated rings. The lowest BCUT2D eigenvalue weighted by molar-refractivity contribution is 0.0504. The molecule has 0 bridgehead atoms. The first kappa shape index (κ1) is 17.2. The van der Waals surface area contributed by atoms with Gasteiger partial charge < -0.3 is 19.5 Å². The van der Waals surface area contributed by atoms with Gasteiger partial charge in [-0.2, -0.15) is 0 Å². The number of rotatable bonds is 6. The van der Waals surface area contributed by atoms with Crippen molar-refractivity contribution in [1.82, 2.24) is 14.8 Å². The van der Waals surface area contributed by atoms with Gasteiger partial charge in [0.15, 0.2) is 0 Å². The number of hydrogen-bond acceptors (Lipinski definition) is 3. The van der Waals surface area contributed by atoms with E-state index in [1.807, 2.05) is 16.8 Å². The number of nitrogens with zero attached hydrogens (tertiary/aromatic N) is 2. The Labute approximate surface area is 145 Å². The first-order valence-corrected chi connectivity index (χ1v) is 8.09. The van der Waals surface area contributed by atoms with Gasteiger partial charge in [0, 0.05) is 38.5 Å². The molecule has 1 unspecified atom stereocenters. The van der Waals surface area contributed by atoms with E-state index in [-0.39, 0.29) is 30.0 Å². The van der Waals surface area contributed by atoms with E-state index < -0.39 is 5.82 Å². The van der Waals surface area contributed by atoms with Gasteiger partial charge in [0.05, 0.1) is 12.6 Å². The maximum atomic E-state index is 13.3. The highest BCUT2D eigenvalue weighted by Gasteiger charge is 2.32. The summed E-state index contributed by atoms with van der Waals surface area (Å²) >= 11 is 0. The van der Waals surface area contributed by atoms with Crippen molar-refractivity contribution in [3.8, 4) is 0 Å². The number of fused-ring (bicyclic) bond motifs is 1. The summed E-state index contributed by atoms with van der Waals surface area (Å²) in [6, 6.07) is 8.94. The van der Waals surface area contributed by atoms with E-state index in [4.69, 9.17) is 4.74 Å². The van der Waals surface area contributed by atoms with Crippen molar-refractivity contribution in [1.29, 1.82) is 0 Å². The lowest BCUT2D eigenvalue weighted by Gasteiger charge is -2.36. The van der Waals surface area contributed by atoms with Crippen molar-refractivity contribution >= 4 is 11.8 Å². The lowest BCUT2D eigenvalue weighted by Crippen LogP contribution is -2.53. The van der Waals surface area contributed by atoms with E-state index in [1.54, 1.807) is 24.1 Å². The summed E-state index contributed by atoms with van der Waals surface area (Å²) in [5.41, 5.74) is 0.885. The summed E-state index contributed by atoms with van der Waals surface area (Å²) in [6.07, 6.45) is 1.85. The van der Waals surface area contributed by atoms with Crippen LogP contribution in [0.2, 0.25) is 0 Å². The summed E-state index contributed by atoms with van der Waals surface area (Å²) in [4.78, 5) is 26.6. The van der Waals surface area contributed by atoms with Crippen molar-refractivity contribution in [2.75, 3.05) is 26.8 Å². The number of methoxy groups -OCH3 is 1. The summed E-state index contributed by atoms with van der Waals surface area (Å²) in [6.45, 7) is 1.73. The zero-order chi connectivity index (χ0) is 17.8. The minimum Gasteiger partial charge on any atom is -0.383 e. The van der Waals surface area contributed by atoms with Crippen LogP contribution >= 0.6 is 0 Å². The van der Waals surface area contributed by atoms with Crippen LogP contribution in [0.15, 0.2) is 42.6 Å². The molecule has 0 radical (unpaired) electrons. The number of hydrogen-bond donors (Lipinski definition) is 1. The Morgan fingerprint density at radius 1 is 1.36 bits per heavy atom. The van der Waals surface area contributed by atoms with Crippen molar-refractivity contribution in [3.05, 3.63) is 59.7 Å². The van der Waals surface area contributed by atoms with Crippen LogP contribution in [-0.2, 0) is 11.3 Å². The van der Waals surface area contributed by atoms with Gasteiger partial charge in [-0.3, -0.25) is 9.59 Å². The summed E-state index contributed by atoms with van der Waals surface area (Å²) in [5, 5.41) is 2.79. The van der Waals surface area contributed by atoms with Gasteiger partial charge in [0.25, 0.3) is 11.8 Å². The highest BCUT2D eigenvalue weighted by molar-refractivity contribution is 5.95. The molecule has 2 amide bonds. The number of nitrogens with one attached hydrogen (secondary N) is 1. The molecule has 25 heavy (non-hydrogen) atoms. The van der Waals surface area contributed by atoms with Crippen LogP contribution in [0, 0.1) is 5.82 Å².